The Balaban J connectivity index is 2.18. The summed E-state index contributed by atoms with van der Waals surface area (Å²) in [6.07, 6.45) is 5.14. The van der Waals surface area contributed by atoms with Gasteiger partial charge in [0.1, 0.15) is 0 Å². The highest BCUT2D eigenvalue weighted by molar-refractivity contribution is 7.18. The first-order chi connectivity index (χ1) is 7.83. The first-order valence-electron chi connectivity index (χ1n) is 4.96. The van der Waals surface area contributed by atoms with Gasteiger partial charge in [-0.15, -0.1) is 11.3 Å². The fraction of sp³-hybridized carbons (Fsp3) is 0.0833. The molecule has 0 aliphatic carbocycles. The third kappa shape index (κ3) is 1.57. The Hall–Kier alpha value is -1.81. The van der Waals surface area contributed by atoms with Crippen LogP contribution in [-0.4, -0.2) is 15.0 Å². The van der Waals surface area contributed by atoms with Crippen LogP contribution in [0.2, 0.25) is 0 Å². The molecule has 0 bridgehead atoms. The van der Waals surface area contributed by atoms with Crippen LogP contribution < -0.4 is 0 Å². The monoisotopic (exact) mass is 227 g/mol. The number of hydrogen-bond donors (Lipinski definition) is 0. The van der Waals surface area contributed by atoms with Gasteiger partial charge in [0.15, 0.2) is 0 Å². The fourth-order valence-electron chi connectivity index (χ4n) is 1.65. The topological polar surface area (TPSA) is 38.7 Å². The Labute approximate surface area is 96.8 Å². The lowest BCUT2D eigenvalue weighted by Crippen LogP contribution is -1.83. The molecule has 0 atom stereocenters. The van der Waals surface area contributed by atoms with Crippen molar-refractivity contribution < 1.29 is 0 Å². The Morgan fingerprint density at radius 3 is 2.94 bits per heavy atom. The van der Waals surface area contributed by atoms with E-state index in [2.05, 4.69) is 33.2 Å². The number of aryl methyl sites for hydroxylation is 1. The van der Waals surface area contributed by atoms with Gasteiger partial charge in [0.05, 0.1) is 27.1 Å². The van der Waals surface area contributed by atoms with Crippen LogP contribution in [0.4, 0.5) is 0 Å². The van der Waals surface area contributed by atoms with Gasteiger partial charge in [-0.2, -0.15) is 0 Å². The van der Waals surface area contributed by atoms with Crippen LogP contribution in [-0.2, 0) is 0 Å². The van der Waals surface area contributed by atoms with E-state index in [1.807, 2.05) is 6.92 Å². The summed E-state index contributed by atoms with van der Waals surface area (Å²) in [5, 5.41) is 1.09. The highest BCUT2D eigenvalue weighted by atomic mass is 32.1. The predicted molar refractivity (Wildman–Crippen MR) is 65.4 cm³/mol. The molecule has 3 aromatic rings. The van der Waals surface area contributed by atoms with E-state index in [0.717, 1.165) is 21.8 Å². The molecule has 0 amide bonds. The van der Waals surface area contributed by atoms with Gasteiger partial charge in [-0.25, -0.2) is 4.98 Å². The summed E-state index contributed by atoms with van der Waals surface area (Å²) in [4.78, 5) is 12.8. The molecule has 1 aromatic carbocycles. The Morgan fingerprint density at radius 1 is 1.19 bits per heavy atom. The Kier molecular flexibility index (Phi) is 2.15. The maximum Gasteiger partial charge on any atom is 0.0907 e. The second-order valence-electron chi connectivity index (χ2n) is 3.51. The van der Waals surface area contributed by atoms with Crippen LogP contribution in [0, 0.1) is 6.92 Å². The summed E-state index contributed by atoms with van der Waals surface area (Å²) in [7, 11) is 0. The number of hydrogen-bond acceptors (Lipinski definition) is 4. The molecule has 3 nitrogen and oxygen atoms in total. The van der Waals surface area contributed by atoms with Gasteiger partial charge < -0.3 is 0 Å². The SMILES string of the molecule is Cc1nc2cc(-c3cnccn3)ccc2s1. The zero-order chi connectivity index (χ0) is 11.0. The first kappa shape index (κ1) is 9.42. The van der Waals surface area contributed by atoms with E-state index in [1.165, 1.54) is 4.70 Å². The molecule has 0 spiro atoms. The minimum Gasteiger partial charge on any atom is -0.261 e. The predicted octanol–water partition coefficient (Wildman–Crippen LogP) is 3.06. The summed E-state index contributed by atoms with van der Waals surface area (Å²) in [5.74, 6) is 0. The number of aromatic nitrogens is 3. The minimum absolute atomic E-state index is 0.884. The van der Waals surface area contributed by atoms with Crippen molar-refractivity contribution in [2.45, 2.75) is 6.92 Å². The van der Waals surface area contributed by atoms with Crippen LogP contribution in [0.3, 0.4) is 0 Å². The molecule has 3 rings (SSSR count). The van der Waals surface area contributed by atoms with Gasteiger partial charge in [0.25, 0.3) is 0 Å². The lowest BCUT2D eigenvalue weighted by molar-refractivity contribution is 1.21. The van der Waals surface area contributed by atoms with Gasteiger partial charge >= 0.3 is 0 Å². The summed E-state index contributed by atoms with van der Waals surface area (Å²) in [6.45, 7) is 2.02. The van der Waals surface area contributed by atoms with Crippen LogP contribution in [0.25, 0.3) is 21.5 Å². The maximum absolute atomic E-state index is 4.47. The van der Waals surface area contributed by atoms with Crippen LogP contribution >= 0.6 is 11.3 Å². The molecule has 78 valence electrons. The van der Waals surface area contributed by atoms with Crippen molar-refractivity contribution >= 4 is 21.6 Å². The Morgan fingerprint density at radius 2 is 2.12 bits per heavy atom. The third-order valence-electron chi connectivity index (χ3n) is 2.35. The van der Waals surface area contributed by atoms with Crippen LogP contribution in [0.5, 0.6) is 0 Å². The number of nitrogens with zero attached hydrogens (tertiary/aromatic N) is 3. The molecule has 0 saturated carbocycles. The van der Waals surface area contributed by atoms with E-state index in [1.54, 1.807) is 29.9 Å². The molecular formula is C12H9N3S. The van der Waals surface area contributed by atoms with Crippen molar-refractivity contribution in [2.75, 3.05) is 0 Å². The van der Waals surface area contributed by atoms with Gasteiger partial charge in [0, 0.05) is 18.0 Å². The number of fused-ring (bicyclic) bond motifs is 1. The second kappa shape index (κ2) is 3.64. The molecule has 0 fully saturated rings. The zero-order valence-corrected chi connectivity index (χ0v) is 9.53. The van der Waals surface area contributed by atoms with Gasteiger partial charge in [0.2, 0.25) is 0 Å². The van der Waals surface area contributed by atoms with E-state index in [4.69, 9.17) is 0 Å². The smallest absolute Gasteiger partial charge is 0.0907 e. The molecule has 0 unspecified atom stereocenters. The lowest BCUT2D eigenvalue weighted by atomic mass is 10.1. The van der Waals surface area contributed by atoms with Crippen molar-refractivity contribution in [3.05, 3.63) is 41.8 Å². The highest BCUT2D eigenvalue weighted by Crippen LogP contribution is 2.26. The molecule has 0 aliphatic heterocycles. The van der Waals surface area contributed by atoms with E-state index >= 15 is 0 Å². The van der Waals surface area contributed by atoms with E-state index in [9.17, 15) is 0 Å². The molecule has 0 saturated heterocycles. The number of rotatable bonds is 1. The second-order valence-corrected chi connectivity index (χ2v) is 4.74. The van der Waals surface area contributed by atoms with Crippen molar-refractivity contribution in [1.82, 2.24) is 15.0 Å². The molecule has 0 radical (unpaired) electrons. The maximum atomic E-state index is 4.47. The summed E-state index contributed by atoms with van der Waals surface area (Å²) in [6, 6.07) is 6.21. The largest absolute Gasteiger partial charge is 0.261 e. The molecular weight excluding hydrogens is 218 g/mol. The molecule has 0 N–H and O–H groups in total. The van der Waals surface area contributed by atoms with E-state index in [-0.39, 0.29) is 0 Å². The zero-order valence-electron chi connectivity index (χ0n) is 8.71. The quantitative estimate of drug-likeness (QED) is 0.641. The molecule has 0 aliphatic rings. The van der Waals surface area contributed by atoms with Crippen LogP contribution in [0.1, 0.15) is 5.01 Å². The molecule has 16 heavy (non-hydrogen) atoms. The summed E-state index contributed by atoms with van der Waals surface area (Å²) >= 11 is 1.71. The lowest BCUT2D eigenvalue weighted by Gasteiger charge is -1.98. The Bertz CT molecular complexity index is 631. The number of thiazole rings is 1. The fourth-order valence-corrected chi connectivity index (χ4v) is 2.46. The average molecular weight is 227 g/mol. The van der Waals surface area contributed by atoms with Crippen molar-refractivity contribution in [3.8, 4) is 11.3 Å². The van der Waals surface area contributed by atoms with E-state index in [0.29, 0.717) is 0 Å². The van der Waals surface area contributed by atoms with Gasteiger partial charge in [-0.1, -0.05) is 6.07 Å². The molecule has 2 heterocycles. The number of benzene rings is 1. The third-order valence-corrected chi connectivity index (χ3v) is 3.31. The van der Waals surface area contributed by atoms with Gasteiger partial charge in [-0.05, 0) is 19.1 Å². The molecule has 2 aromatic heterocycles. The van der Waals surface area contributed by atoms with Gasteiger partial charge in [-0.3, -0.25) is 9.97 Å². The first-order valence-corrected chi connectivity index (χ1v) is 5.78. The van der Waals surface area contributed by atoms with Crippen molar-refractivity contribution in [2.24, 2.45) is 0 Å². The average Bonchev–Trinajstić information content (AvgIpc) is 2.69. The normalized spacial score (nSPS) is 10.8. The van der Waals surface area contributed by atoms with E-state index < -0.39 is 0 Å². The van der Waals surface area contributed by atoms with Crippen molar-refractivity contribution in [3.63, 3.8) is 0 Å². The highest BCUT2D eigenvalue weighted by Gasteiger charge is 2.03. The van der Waals surface area contributed by atoms with Crippen LogP contribution in [0.15, 0.2) is 36.8 Å². The summed E-state index contributed by atoms with van der Waals surface area (Å²) in [5.41, 5.74) is 2.98. The van der Waals surface area contributed by atoms with Crippen molar-refractivity contribution in [1.29, 1.82) is 0 Å². The summed E-state index contributed by atoms with van der Waals surface area (Å²) < 4.78 is 1.21. The standard InChI is InChI=1S/C12H9N3S/c1-8-15-10-6-9(2-3-12(10)16-8)11-7-13-4-5-14-11/h2-7H,1H3. The minimum atomic E-state index is 0.884. The molecule has 4 heteroatoms.